The van der Waals surface area contributed by atoms with Crippen LogP contribution in [0.5, 0.6) is 0 Å². The van der Waals surface area contributed by atoms with E-state index in [4.69, 9.17) is 23.1 Å². The van der Waals surface area contributed by atoms with Gasteiger partial charge in [-0.3, -0.25) is 15.8 Å². The van der Waals surface area contributed by atoms with Crippen molar-refractivity contribution in [1.29, 1.82) is 0 Å². The Balaban J connectivity index is 2.06. The molecule has 0 bridgehead atoms. The molecule has 1 heterocycles. The summed E-state index contributed by atoms with van der Waals surface area (Å²) in [6.07, 6.45) is 2.22. The Morgan fingerprint density at radius 2 is 2.25 bits per heavy atom. The average Bonchev–Trinajstić information content (AvgIpc) is 2.36. The first-order valence-corrected chi connectivity index (χ1v) is 6.29. The lowest BCUT2D eigenvalue weighted by molar-refractivity contribution is -0.416. The maximum Gasteiger partial charge on any atom is 0.326 e. The van der Waals surface area contributed by atoms with Gasteiger partial charge in [-0.2, -0.15) is 0 Å². The molecule has 5 N–H and O–H groups in total. The van der Waals surface area contributed by atoms with Crippen molar-refractivity contribution in [2.24, 2.45) is 16.5 Å². The predicted molar refractivity (Wildman–Crippen MR) is 76.5 cm³/mol. The van der Waals surface area contributed by atoms with Crippen molar-refractivity contribution in [3.8, 4) is 0 Å². The minimum Gasteiger partial charge on any atom is -0.378 e. The van der Waals surface area contributed by atoms with Crippen LogP contribution in [0.25, 0.3) is 0 Å². The first kappa shape index (κ1) is 14.3. The number of nitrogens with two attached hydrogens (primary N) is 2. The zero-order chi connectivity index (χ0) is 14.8. The Hall–Kier alpha value is -2.12. The van der Waals surface area contributed by atoms with Crippen LogP contribution in [0.1, 0.15) is 12.0 Å². The van der Waals surface area contributed by atoms with Crippen molar-refractivity contribution in [2.75, 3.05) is 0 Å². The highest BCUT2D eigenvalue weighted by Crippen LogP contribution is 2.18. The molecular weight excluding hydrogens is 282 g/mol. The number of nitrogens with one attached hydrogen (secondary N) is 1. The fraction of sp³-hybridized carbons (Fsp3) is 0.250. The molecule has 1 aromatic carbocycles. The molecule has 0 amide bonds. The SMILES string of the molecule is NC1=NC(N)(CCc2cccc(Cl)c2)NC=C1[N+](=O)[O-]. The van der Waals surface area contributed by atoms with Crippen LogP contribution in [0.2, 0.25) is 5.02 Å². The van der Waals surface area contributed by atoms with Crippen molar-refractivity contribution in [1.82, 2.24) is 5.32 Å². The number of amidine groups is 1. The third-order valence-electron chi connectivity index (χ3n) is 2.92. The van der Waals surface area contributed by atoms with Gasteiger partial charge in [0.1, 0.15) is 0 Å². The third-order valence-corrected chi connectivity index (χ3v) is 3.16. The third kappa shape index (κ3) is 3.25. The molecule has 0 fully saturated rings. The van der Waals surface area contributed by atoms with E-state index >= 15 is 0 Å². The lowest BCUT2D eigenvalue weighted by Gasteiger charge is -2.28. The molecule has 7 nitrogen and oxygen atoms in total. The van der Waals surface area contributed by atoms with E-state index in [9.17, 15) is 10.1 Å². The number of hydrogen-bond donors (Lipinski definition) is 3. The summed E-state index contributed by atoms with van der Waals surface area (Å²) in [4.78, 5) is 14.0. The Kier molecular flexibility index (Phi) is 3.91. The maximum atomic E-state index is 10.7. The van der Waals surface area contributed by atoms with Gasteiger partial charge >= 0.3 is 5.70 Å². The summed E-state index contributed by atoms with van der Waals surface area (Å²) in [6.45, 7) is 0. The zero-order valence-corrected chi connectivity index (χ0v) is 11.3. The highest BCUT2D eigenvalue weighted by molar-refractivity contribution is 6.30. The van der Waals surface area contributed by atoms with Gasteiger partial charge in [-0.15, -0.1) is 0 Å². The van der Waals surface area contributed by atoms with Crippen LogP contribution in [0.15, 0.2) is 41.2 Å². The Morgan fingerprint density at radius 3 is 2.85 bits per heavy atom. The summed E-state index contributed by atoms with van der Waals surface area (Å²) in [6, 6.07) is 7.38. The Morgan fingerprint density at radius 1 is 1.50 bits per heavy atom. The second-order valence-electron chi connectivity index (χ2n) is 4.48. The molecule has 1 unspecified atom stereocenters. The van der Waals surface area contributed by atoms with Gasteiger partial charge in [0.25, 0.3) is 0 Å². The zero-order valence-electron chi connectivity index (χ0n) is 10.5. The molecular formula is C12H14ClN5O2. The molecule has 1 aromatic rings. The quantitative estimate of drug-likeness (QED) is 0.564. The van der Waals surface area contributed by atoms with Crippen LogP contribution in [-0.4, -0.2) is 16.5 Å². The number of aryl methyl sites for hydroxylation is 1. The van der Waals surface area contributed by atoms with Crippen molar-refractivity contribution in [2.45, 2.75) is 18.6 Å². The topological polar surface area (TPSA) is 120 Å². The molecule has 1 aliphatic rings. The van der Waals surface area contributed by atoms with Gasteiger partial charge in [-0.05, 0) is 24.1 Å². The van der Waals surface area contributed by atoms with Crippen LogP contribution in [0.4, 0.5) is 0 Å². The van der Waals surface area contributed by atoms with E-state index in [1.807, 2.05) is 18.2 Å². The number of aliphatic imine (C=N–C) groups is 1. The van der Waals surface area contributed by atoms with Crippen LogP contribution in [0.3, 0.4) is 0 Å². The summed E-state index contributed by atoms with van der Waals surface area (Å²) in [7, 11) is 0. The normalized spacial score (nSPS) is 21.7. The molecule has 1 atom stereocenters. The van der Waals surface area contributed by atoms with E-state index in [-0.39, 0.29) is 11.5 Å². The van der Waals surface area contributed by atoms with Gasteiger partial charge in [0.15, 0.2) is 5.79 Å². The van der Waals surface area contributed by atoms with Gasteiger partial charge in [0, 0.05) is 11.4 Å². The van der Waals surface area contributed by atoms with Crippen molar-refractivity contribution < 1.29 is 4.92 Å². The van der Waals surface area contributed by atoms with Crippen LogP contribution in [0, 0.1) is 10.1 Å². The summed E-state index contributed by atoms with van der Waals surface area (Å²) < 4.78 is 0. The molecule has 20 heavy (non-hydrogen) atoms. The molecule has 1 aliphatic heterocycles. The number of halogens is 1. The molecule has 2 rings (SSSR count). The van der Waals surface area contributed by atoms with Crippen LogP contribution < -0.4 is 16.8 Å². The van der Waals surface area contributed by atoms with E-state index in [1.165, 1.54) is 6.20 Å². The van der Waals surface area contributed by atoms with Crippen LogP contribution >= 0.6 is 11.6 Å². The molecule has 0 aliphatic carbocycles. The highest BCUT2D eigenvalue weighted by atomic mass is 35.5. The molecule has 0 spiro atoms. The summed E-state index contributed by atoms with van der Waals surface area (Å²) in [5.74, 6) is -1.33. The first-order chi connectivity index (χ1) is 9.39. The fourth-order valence-corrected chi connectivity index (χ4v) is 2.09. The van der Waals surface area contributed by atoms with E-state index in [0.29, 0.717) is 17.9 Å². The van der Waals surface area contributed by atoms with Gasteiger partial charge in [0.2, 0.25) is 5.84 Å². The molecule has 106 valence electrons. The standard InChI is InChI=1S/C12H14ClN5O2/c13-9-3-1-2-8(6-9)4-5-12(15)16-7-10(18(19)20)11(14)17-12/h1-3,6-7,16H,4-5,15H2,(H2,14,17). The number of hydrogen-bond acceptors (Lipinski definition) is 6. The molecule has 0 saturated carbocycles. The summed E-state index contributed by atoms with van der Waals surface area (Å²) >= 11 is 5.90. The van der Waals surface area contributed by atoms with E-state index in [0.717, 1.165) is 5.56 Å². The molecule has 8 heteroatoms. The van der Waals surface area contributed by atoms with Crippen molar-refractivity contribution in [3.63, 3.8) is 0 Å². The van der Waals surface area contributed by atoms with Gasteiger partial charge in [0.05, 0.1) is 11.1 Å². The van der Waals surface area contributed by atoms with Gasteiger partial charge in [-0.1, -0.05) is 23.7 Å². The van der Waals surface area contributed by atoms with E-state index < -0.39 is 10.7 Å². The lowest BCUT2D eigenvalue weighted by atomic mass is 10.1. The lowest BCUT2D eigenvalue weighted by Crippen LogP contribution is -2.54. The van der Waals surface area contributed by atoms with Crippen LogP contribution in [-0.2, 0) is 6.42 Å². The monoisotopic (exact) mass is 295 g/mol. The molecule has 0 radical (unpaired) electrons. The average molecular weight is 296 g/mol. The molecule has 0 saturated heterocycles. The number of rotatable bonds is 4. The second kappa shape index (κ2) is 5.48. The number of nitro groups is 1. The largest absolute Gasteiger partial charge is 0.378 e. The Bertz CT molecular complexity index is 601. The number of nitrogens with zero attached hydrogens (tertiary/aromatic N) is 2. The van der Waals surface area contributed by atoms with Gasteiger partial charge in [-0.25, -0.2) is 4.99 Å². The molecule has 0 aromatic heterocycles. The van der Waals surface area contributed by atoms with E-state index in [1.54, 1.807) is 6.07 Å². The van der Waals surface area contributed by atoms with E-state index in [2.05, 4.69) is 10.3 Å². The summed E-state index contributed by atoms with van der Waals surface area (Å²) in [5.41, 5.74) is 12.3. The van der Waals surface area contributed by atoms with Gasteiger partial charge < -0.3 is 11.1 Å². The minimum atomic E-state index is -1.15. The fourth-order valence-electron chi connectivity index (χ4n) is 1.87. The Labute approximate surface area is 120 Å². The summed E-state index contributed by atoms with van der Waals surface area (Å²) in [5, 5.41) is 14.0. The minimum absolute atomic E-state index is 0.178. The maximum absolute atomic E-state index is 10.7. The smallest absolute Gasteiger partial charge is 0.326 e. The van der Waals surface area contributed by atoms with Crippen molar-refractivity contribution >= 4 is 17.4 Å². The first-order valence-electron chi connectivity index (χ1n) is 5.91. The predicted octanol–water partition coefficient (Wildman–Crippen LogP) is 0.964. The number of benzene rings is 1. The van der Waals surface area contributed by atoms with Crippen molar-refractivity contribution in [3.05, 3.63) is 56.9 Å². The second-order valence-corrected chi connectivity index (χ2v) is 4.92. The highest BCUT2D eigenvalue weighted by Gasteiger charge is 2.31.